The molecular weight excluding hydrogens is 354 g/mol. The normalized spacial score (nSPS) is 12.9. The summed E-state index contributed by atoms with van der Waals surface area (Å²) in [7, 11) is 8.01. The number of pyridine rings is 1. The SMILES string of the molecule is CN(C)CCNc1cc(NCCN(C)C)c2c(c1)C(=O)c1ccncc1C2=O. The lowest BCUT2D eigenvalue weighted by Crippen LogP contribution is -2.26. The van der Waals surface area contributed by atoms with E-state index in [1.165, 1.54) is 6.20 Å². The Bertz CT molecular complexity index is 892. The van der Waals surface area contributed by atoms with Crippen molar-refractivity contribution < 1.29 is 9.59 Å². The molecule has 0 aliphatic heterocycles. The molecule has 2 N–H and O–H groups in total. The number of carbonyl (C=O) groups excluding carboxylic acids is 2. The predicted octanol–water partition coefficient (Wildman–Crippen LogP) is 1.80. The van der Waals surface area contributed by atoms with E-state index in [1.807, 2.05) is 34.3 Å². The highest BCUT2D eigenvalue weighted by molar-refractivity contribution is 6.30. The van der Waals surface area contributed by atoms with Crippen molar-refractivity contribution in [2.45, 2.75) is 0 Å². The highest BCUT2D eigenvalue weighted by atomic mass is 16.1. The fraction of sp³-hybridized carbons (Fsp3) is 0.381. The highest BCUT2D eigenvalue weighted by Crippen LogP contribution is 2.34. The van der Waals surface area contributed by atoms with Gasteiger partial charge in [-0.1, -0.05) is 0 Å². The highest BCUT2D eigenvalue weighted by Gasteiger charge is 2.32. The van der Waals surface area contributed by atoms with Crippen LogP contribution in [0.15, 0.2) is 30.6 Å². The van der Waals surface area contributed by atoms with Gasteiger partial charge in [0.05, 0.1) is 11.1 Å². The number of aromatic nitrogens is 1. The minimum absolute atomic E-state index is 0.140. The van der Waals surface area contributed by atoms with Crippen LogP contribution in [-0.4, -0.2) is 80.7 Å². The zero-order valence-corrected chi connectivity index (χ0v) is 16.9. The first-order valence-corrected chi connectivity index (χ1v) is 9.37. The minimum atomic E-state index is -0.162. The summed E-state index contributed by atoms with van der Waals surface area (Å²) in [6.45, 7) is 3.09. The average Bonchev–Trinajstić information content (AvgIpc) is 2.65. The summed E-state index contributed by atoms with van der Waals surface area (Å²) in [4.78, 5) is 34.4. The Morgan fingerprint density at radius 3 is 2.21 bits per heavy atom. The molecule has 0 amide bonds. The van der Waals surface area contributed by atoms with Gasteiger partial charge in [-0.3, -0.25) is 14.6 Å². The van der Waals surface area contributed by atoms with E-state index in [0.29, 0.717) is 34.5 Å². The molecular formula is C21H27N5O2. The van der Waals surface area contributed by atoms with Crippen LogP contribution >= 0.6 is 0 Å². The van der Waals surface area contributed by atoms with Gasteiger partial charge in [0, 0.05) is 61.1 Å². The number of carbonyl (C=O) groups is 2. The van der Waals surface area contributed by atoms with Crippen LogP contribution in [0.5, 0.6) is 0 Å². The fourth-order valence-corrected chi connectivity index (χ4v) is 3.20. The number of hydrogen-bond acceptors (Lipinski definition) is 7. The number of rotatable bonds is 8. The van der Waals surface area contributed by atoms with E-state index in [0.717, 1.165) is 25.3 Å². The molecule has 1 aromatic heterocycles. The standard InChI is InChI=1S/C21H27N5O2/c1-25(2)9-7-23-14-11-16-19(18(12-14)24-8-10-26(3)4)21(28)17-13-22-6-5-15(17)20(16)27/h5-6,11-13,23-24H,7-10H2,1-4H3. The summed E-state index contributed by atoms with van der Waals surface area (Å²) in [5.74, 6) is -0.302. The van der Waals surface area contributed by atoms with Gasteiger partial charge in [-0.25, -0.2) is 0 Å². The topological polar surface area (TPSA) is 77.6 Å². The van der Waals surface area contributed by atoms with Crippen molar-refractivity contribution in [2.75, 3.05) is 65.0 Å². The van der Waals surface area contributed by atoms with E-state index >= 15 is 0 Å². The van der Waals surface area contributed by atoms with Crippen molar-refractivity contribution in [1.29, 1.82) is 0 Å². The first-order chi connectivity index (χ1) is 13.4. The van der Waals surface area contributed by atoms with Gasteiger partial charge in [0.2, 0.25) is 0 Å². The fourth-order valence-electron chi connectivity index (χ4n) is 3.20. The average molecular weight is 381 g/mol. The molecule has 1 aliphatic rings. The zero-order chi connectivity index (χ0) is 20.3. The Morgan fingerprint density at radius 2 is 1.54 bits per heavy atom. The number of ketones is 2. The van der Waals surface area contributed by atoms with Crippen LogP contribution in [-0.2, 0) is 0 Å². The van der Waals surface area contributed by atoms with Crippen molar-refractivity contribution in [3.63, 3.8) is 0 Å². The third-order valence-electron chi connectivity index (χ3n) is 4.68. The van der Waals surface area contributed by atoms with Gasteiger partial charge in [0.15, 0.2) is 11.6 Å². The molecule has 0 saturated carbocycles. The predicted molar refractivity (Wildman–Crippen MR) is 112 cm³/mol. The summed E-state index contributed by atoms with van der Waals surface area (Å²) in [5.41, 5.74) is 3.15. The van der Waals surface area contributed by atoms with E-state index < -0.39 is 0 Å². The van der Waals surface area contributed by atoms with Crippen LogP contribution < -0.4 is 10.6 Å². The van der Waals surface area contributed by atoms with Crippen molar-refractivity contribution in [3.05, 3.63) is 52.8 Å². The molecule has 0 unspecified atom stereocenters. The maximum absolute atomic E-state index is 13.1. The van der Waals surface area contributed by atoms with Gasteiger partial charge < -0.3 is 20.4 Å². The summed E-state index contributed by atoms with van der Waals surface area (Å²) in [6.07, 6.45) is 3.02. The van der Waals surface area contributed by atoms with Gasteiger partial charge in [-0.05, 0) is 46.4 Å². The summed E-state index contributed by atoms with van der Waals surface area (Å²) >= 11 is 0. The van der Waals surface area contributed by atoms with E-state index in [-0.39, 0.29) is 11.6 Å². The van der Waals surface area contributed by atoms with E-state index in [9.17, 15) is 9.59 Å². The summed E-state index contributed by atoms with van der Waals surface area (Å²) in [6, 6.07) is 5.31. The van der Waals surface area contributed by atoms with Crippen LogP contribution in [0.25, 0.3) is 0 Å². The third kappa shape index (κ3) is 4.21. The molecule has 0 atom stereocenters. The van der Waals surface area contributed by atoms with Crippen LogP contribution in [0.2, 0.25) is 0 Å². The lowest BCUT2D eigenvalue weighted by atomic mass is 9.84. The first kappa shape index (κ1) is 20.0. The number of nitrogens with zero attached hydrogens (tertiary/aromatic N) is 3. The third-order valence-corrected chi connectivity index (χ3v) is 4.68. The molecule has 7 nitrogen and oxygen atoms in total. The van der Waals surface area contributed by atoms with E-state index in [2.05, 4.69) is 25.4 Å². The molecule has 0 radical (unpaired) electrons. The molecule has 3 rings (SSSR count). The van der Waals surface area contributed by atoms with Gasteiger partial charge in [-0.15, -0.1) is 0 Å². The number of likely N-dealkylation sites (N-methyl/N-ethyl adjacent to an activating group) is 2. The number of benzene rings is 1. The van der Waals surface area contributed by atoms with Crippen molar-refractivity contribution in [2.24, 2.45) is 0 Å². The molecule has 0 saturated heterocycles. The quantitative estimate of drug-likeness (QED) is 0.616. The summed E-state index contributed by atoms with van der Waals surface area (Å²) in [5, 5.41) is 6.70. The summed E-state index contributed by atoms with van der Waals surface area (Å²) < 4.78 is 0. The van der Waals surface area contributed by atoms with E-state index in [1.54, 1.807) is 18.3 Å². The molecule has 7 heteroatoms. The van der Waals surface area contributed by atoms with Gasteiger partial charge in [0.25, 0.3) is 0 Å². The minimum Gasteiger partial charge on any atom is -0.384 e. The molecule has 0 bridgehead atoms. The lowest BCUT2D eigenvalue weighted by molar-refractivity contribution is 0.0979. The molecule has 1 heterocycles. The Balaban J connectivity index is 1.99. The second kappa shape index (κ2) is 8.50. The van der Waals surface area contributed by atoms with Gasteiger partial charge >= 0.3 is 0 Å². The van der Waals surface area contributed by atoms with Gasteiger partial charge in [-0.2, -0.15) is 0 Å². The largest absolute Gasteiger partial charge is 0.384 e. The Kier molecular flexibility index (Phi) is 6.06. The molecule has 148 valence electrons. The van der Waals surface area contributed by atoms with Crippen LogP contribution in [0.4, 0.5) is 11.4 Å². The van der Waals surface area contributed by atoms with Crippen LogP contribution in [0.3, 0.4) is 0 Å². The van der Waals surface area contributed by atoms with Crippen LogP contribution in [0, 0.1) is 0 Å². The van der Waals surface area contributed by atoms with Crippen molar-refractivity contribution >= 4 is 22.9 Å². The van der Waals surface area contributed by atoms with Crippen LogP contribution in [0.1, 0.15) is 31.8 Å². The number of anilines is 2. The van der Waals surface area contributed by atoms with Crippen molar-refractivity contribution in [3.8, 4) is 0 Å². The molecule has 0 spiro atoms. The smallest absolute Gasteiger partial charge is 0.198 e. The molecule has 1 aromatic carbocycles. The van der Waals surface area contributed by atoms with Gasteiger partial charge in [0.1, 0.15) is 0 Å². The second-order valence-corrected chi connectivity index (χ2v) is 7.49. The monoisotopic (exact) mass is 381 g/mol. The Morgan fingerprint density at radius 1 is 0.857 bits per heavy atom. The maximum atomic E-state index is 13.1. The Hall–Kier alpha value is -2.77. The molecule has 1 aliphatic carbocycles. The Labute approximate surface area is 165 Å². The maximum Gasteiger partial charge on any atom is 0.198 e. The molecule has 0 fully saturated rings. The number of hydrogen-bond donors (Lipinski definition) is 2. The number of fused-ring (bicyclic) bond motifs is 2. The molecule has 2 aromatic rings. The number of nitrogens with one attached hydrogen (secondary N) is 2. The molecule has 28 heavy (non-hydrogen) atoms. The second-order valence-electron chi connectivity index (χ2n) is 7.49. The van der Waals surface area contributed by atoms with E-state index in [4.69, 9.17) is 0 Å². The zero-order valence-electron chi connectivity index (χ0n) is 16.9. The lowest BCUT2D eigenvalue weighted by Gasteiger charge is -2.23. The van der Waals surface area contributed by atoms with Crippen molar-refractivity contribution in [1.82, 2.24) is 14.8 Å². The first-order valence-electron chi connectivity index (χ1n) is 9.37.